The van der Waals surface area contributed by atoms with E-state index in [1.54, 1.807) is 0 Å². The van der Waals surface area contributed by atoms with E-state index in [1.165, 1.54) is 99.6 Å². The topological polar surface area (TPSA) is 15.3 Å². The molecule has 2 heteroatoms. The van der Waals surface area contributed by atoms with Gasteiger partial charge in [0.05, 0.1) is 5.69 Å². The van der Waals surface area contributed by atoms with Crippen LogP contribution in [0, 0.1) is 0 Å². The monoisotopic (exact) mass is 881 g/mol. The summed E-state index contributed by atoms with van der Waals surface area (Å²) >= 11 is 0. The molecule has 0 radical (unpaired) electrons. The zero-order valence-electron chi connectivity index (χ0n) is 45.3. The lowest BCUT2D eigenvalue weighted by Crippen LogP contribution is -2.21. The van der Waals surface area contributed by atoms with E-state index in [0.717, 1.165) is 5.69 Å². The van der Waals surface area contributed by atoms with Crippen LogP contribution < -0.4 is 10.2 Å². The molecule has 0 unspecified atom stereocenters. The first kappa shape index (κ1) is 49.1. The van der Waals surface area contributed by atoms with E-state index in [1.807, 2.05) is 0 Å². The summed E-state index contributed by atoms with van der Waals surface area (Å²) in [6.07, 6.45) is 0. The molecule has 0 spiro atoms. The van der Waals surface area contributed by atoms with Crippen molar-refractivity contribution < 1.29 is 0 Å². The average Bonchev–Trinajstić information content (AvgIpc) is 3.18. The van der Waals surface area contributed by atoms with Crippen LogP contribution in [0.15, 0.2) is 91.0 Å². The minimum absolute atomic E-state index is 0.0129. The fourth-order valence-corrected chi connectivity index (χ4v) is 9.63. The van der Waals surface area contributed by atoms with Gasteiger partial charge in [0.15, 0.2) is 0 Å². The van der Waals surface area contributed by atoms with Gasteiger partial charge in [0.1, 0.15) is 0 Å². The van der Waals surface area contributed by atoms with E-state index in [9.17, 15) is 0 Å². The molecule has 7 aromatic carbocycles. The zero-order valence-corrected chi connectivity index (χ0v) is 45.3. The molecule has 0 bridgehead atoms. The molecule has 0 aliphatic carbocycles. The van der Waals surface area contributed by atoms with Crippen LogP contribution in [0.3, 0.4) is 0 Å². The third-order valence-corrected chi connectivity index (χ3v) is 14.2. The van der Waals surface area contributed by atoms with Gasteiger partial charge in [-0.05, 0) is 159 Å². The van der Waals surface area contributed by atoms with Gasteiger partial charge in [0, 0.05) is 33.5 Å². The summed E-state index contributed by atoms with van der Waals surface area (Å²) in [5.41, 5.74) is 16.6. The van der Waals surface area contributed by atoms with Gasteiger partial charge in [-0.25, -0.2) is 0 Å². The first-order valence-corrected chi connectivity index (χ1v) is 25.0. The highest BCUT2D eigenvalue weighted by Gasteiger charge is 2.30. The first-order chi connectivity index (χ1) is 30.1. The fraction of sp³-hybridized carbons (Fsp3) is 0.469. The molecule has 0 heterocycles. The maximum atomic E-state index is 4.08. The largest absolute Gasteiger partial charge is 0.355 e. The van der Waals surface area contributed by atoms with Crippen molar-refractivity contribution in [1.29, 1.82) is 0 Å². The molecule has 0 aliphatic rings. The molecule has 66 heavy (non-hydrogen) atoms. The number of hydrogen-bond acceptors (Lipinski definition) is 2. The maximum Gasteiger partial charge on any atom is 0.0543 e. The second kappa shape index (κ2) is 16.5. The molecule has 0 saturated carbocycles. The van der Waals surface area contributed by atoms with E-state index in [4.69, 9.17) is 0 Å². The molecule has 0 aromatic heterocycles. The quantitative estimate of drug-likeness (QED) is 0.161. The molecule has 350 valence electrons. The lowest BCUT2D eigenvalue weighted by atomic mass is 9.79. The standard InChI is InChI=1S/C64H84N2/c1-38(2)53-36-55(65-46-30-40(59(5,6)7)27-41(31-46)60(8,9)10)51-25-23-50-54(39(3)4)37-56(52-26-24-49(53)57(51)58(50)52)66(47-32-42(61(11,12)13)28-43(33-47)62(14,15)16)48-34-44(63(17,18)19)29-45(35-48)64(20,21)22/h23-39,65H,1-22H3. The summed E-state index contributed by atoms with van der Waals surface area (Å²) in [4.78, 5) is 2.64. The molecule has 0 aliphatic heterocycles. The van der Waals surface area contributed by atoms with Gasteiger partial charge in [-0.2, -0.15) is 0 Å². The smallest absolute Gasteiger partial charge is 0.0543 e. The summed E-state index contributed by atoms with van der Waals surface area (Å²) in [5.74, 6) is 0.624. The number of nitrogens with zero attached hydrogens (tertiary/aromatic N) is 1. The van der Waals surface area contributed by atoms with Crippen molar-refractivity contribution in [3.05, 3.63) is 136 Å². The first-order valence-electron chi connectivity index (χ1n) is 25.0. The summed E-state index contributed by atoms with van der Waals surface area (Å²) in [7, 11) is 0. The van der Waals surface area contributed by atoms with Crippen LogP contribution in [0.5, 0.6) is 0 Å². The summed E-state index contributed by atoms with van der Waals surface area (Å²) in [5, 5.41) is 12.0. The molecule has 7 aromatic rings. The van der Waals surface area contributed by atoms with Crippen molar-refractivity contribution in [3.63, 3.8) is 0 Å². The van der Waals surface area contributed by atoms with Gasteiger partial charge >= 0.3 is 0 Å². The van der Waals surface area contributed by atoms with Gasteiger partial charge in [-0.1, -0.05) is 195 Å². The Bertz CT molecular complexity index is 2760. The second-order valence-corrected chi connectivity index (χ2v) is 26.7. The van der Waals surface area contributed by atoms with Gasteiger partial charge in [-0.3, -0.25) is 0 Å². The van der Waals surface area contributed by atoms with Gasteiger partial charge in [-0.15, -0.1) is 0 Å². The van der Waals surface area contributed by atoms with Crippen molar-refractivity contribution in [2.45, 2.75) is 197 Å². The molecule has 7 rings (SSSR count). The Labute approximate surface area is 401 Å². The molecule has 1 N–H and O–H groups in total. The minimum atomic E-state index is -0.0477. The van der Waals surface area contributed by atoms with Crippen LogP contribution in [0.4, 0.5) is 28.4 Å². The Morgan fingerprint density at radius 3 is 1.00 bits per heavy atom. The van der Waals surface area contributed by atoms with Crippen LogP contribution in [0.25, 0.3) is 32.3 Å². The Kier molecular flexibility index (Phi) is 12.2. The van der Waals surface area contributed by atoms with E-state index in [0.29, 0.717) is 11.8 Å². The summed E-state index contributed by atoms with van der Waals surface area (Å²) in [6.45, 7) is 51.7. The Balaban J connectivity index is 1.65. The average molecular weight is 881 g/mol. The van der Waals surface area contributed by atoms with Gasteiger partial charge in [0.2, 0.25) is 0 Å². The van der Waals surface area contributed by atoms with Crippen molar-refractivity contribution in [2.24, 2.45) is 0 Å². The Hall–Kier alpha value is -4.82. The molecular formula is C64H84N2. The normalized spacial score (nSPS) is 13.6. The molecule has 0 atom stereocenters. The molecule has 2 nitrogen and oxygen atoms in total. The van der Waals surface area contributed by atoms with E-state index < -0.39 is 0 Å². The number of rotatable bonds is 7. The van der Waals surface area contributed by atoms with Crippen LogP contribution in [0.2, 0.25) is 0 Å². The third kappa shape index (κ3) is 9.50. The number of benzene rings is 7. The van der Waals surface area contributed by atoms with E-state index in [2.05, 4.69) is 254 Å². The lowest BCUT2D eigenvalue weighted by Gasteiger charge is -2.35. The van der Waals surface area contributed by atoms with Crippen molar-refractivity contribution in [2.75, 3.05) is 10.2 Å². The van der Waals surface area contributed by atoms with Crippen LogP contribution in [-0.4, -0.2) is 0 Å². The molecular weight excluding hydrogens is 797 g/mol. The van der Waals surface area contributed by atoms with Crippen molar-refractivity contribution in [1.82, 2.24) is 0 Å². The predicted octanol–water partition coefficient (Wildman–Crippen LogP) is 19.8. The summed E-state index contributed by atoms with van der Waals surface area (Å²) < 4.78 is 0. The predicted molar refractivity (Wildman–Crippen MR) is 295 cm³/mol. The SMILES string of the molecule is CC(C)c1cc(Nc2cc(C(C)(C)C)cc(C(C)(C)C)c2)c2ccc3c(C(C)C)cc(N(c4cc(C(C)(C)C)cc(C(C)(C)C)c4)c4cc(C(C)(C)C)cc(C(C)(C)C)c4)c4ccc1c2c34. The Morgan fingerprint density at radius 2 is 0.652 bits per heavy atom. The lowest BCUT2D eigenvalue weighted by molar-refractivity contribution is 0.568. The Morgan fingerprint density at radius 1 is 0.348 bits per heavy atom. The molecule has 0 fully saturated rings. The highest BCUT2D eigenvalue weighted by Crippen LogP contribution is 2.51. The van der Waals surface area contributed by atoms with Gasteiger partial charge < -0.3 is 10.2 Å². The molecule has 0 amide bonds. The van der Waals surface area contributed by atoms with Crippen LogP contribution >= 0.6 is 0 Å². The molecule has 0 saturated heterocycles. The fourth-order valence-electron chi connectivity index (χ4n) is 9.63. The van der Waals surface area contributed by atoms with Crippen molar-refractivity contribution >= 4 is 60.8 Å². The van der Waals surface area contributed by atoms with Crippen LogP contribution in [-0.2, 0) is 32.5 Å². The third-order valence-electron chi connectivity index (χ3n) is 14.2. The number of nitrogens with one attached hydrogen (secondary N) is 1. The minimum Gasteiger partial charge on any atom is -0.355 e. The maximum absolute atomic E-state index is 4.08. The van der Waals surface area contributed by atoms with Gasteiger partial charge in [0.25, 0.3) is 0 Å². The van der Waals surface area contributed by atoms with Crippen molar-refractivity contribution in [3.8, 4) is 0 Å². The van der Waals surface area contributed by atoms with Crippen LogP contribution in [0.1, 0.15) is 209 Å². The number of hydrogen-bond donors (Lipinski definition) is 1. The highest BCUT2D eigenvalue weighted by molar-refractivity contribution is 6.29. The summed E-state index contributed by atoms with van der Waals surface area (Å²) in [6, 6.07) is 36.7. The number of anilines is 5. The van der Waals surface area contributed by atoms with E-state index >= 15 is 0 Å². The zero-order chi connectivity index (χ0) is 49.0. The second-order valence-electron chi connectivity index (χ2n) is 26.7. The van der Waals surface area contributed by atoms with E-state index in [-0.39, 0.29) is 32.5 Å². The highest BCUT2D eigenvalue weighted by atomic mass is 15.1.